The standard InChI is InChI=1S/C15H22F3N3/c1-3-19-11(2)13-5-4-8-20-14(13)21-9-6-12(7-10-21)15(16,17)18/h4-5,8,11-12,19H,3,6-7,9-10H2,1-2H3. The van der Waals surface area contributed by atoms with Gasteiger partial charge >= 0.3 is 6.18 Å². The molecule has 0 radical (unpaired) electrons. The van der Waals surface area contributed by atoms with Gasteiger partial charge in [0.1, 0.15) is 5.82 Å². The van der Waals surface area contributed by atoms with E-state index in [9.17, 15) is 13.2 Å². The van der Waals surface area contributed by atoms with Crippen LogP contribution >= 0.6 is 0 Å². The average Bonchev–Trinajstić information content (AvgIpc) is 2.47. The topological polar surface area (TPSA) is 28.2 Å². The van der Waals surface area contributed by atoms with E-state index < -0.39 is 12.1 Å². The van der Waals surface area contributed by atoms with Crippen molar-refractivity contribution in [1.29, 1.82) is 0 Å². The summed E-state index contributed by atoms with van der Waals surface area (Å²) in [4.78, 5) is 6.38. The predicted octanol–water partition coefficient (Wildman–Crippen LogP) is 3.53. The monoisotopic (exact) mass is 301 g/mol. The quantitative estimate of drug-likeness (QED) is 0.922. The third-order valence-electron chi connectivity index (χ3n) is 4.05. The van der Waals surface area contributed by atoms with Crippen molar-refractivity contribution in [3.8, 4) is 0 Å². The summed E-state index contributed by atoms with van der Waals surface area (Å²) in [7, 11) is 0. The van der Waals surface area contributed by atoms with Crippen molar-refractivity contribution in [2.24, 2.45) is 5.92 Å². The molecule has 1 fully saturated rings. The van der Waals surface area contributed by atoms with Gasteiger partial charge in [-0.1, -0.05) is 13.0 Å². The normalized spacial score (nSPS) is 18.8. The van der Waals surface area contributed by atoms with Crippen LogP contribution in [0.15, 0.2) is 18.3 Å². The van der Waals surface area contributed by atoms with Crippen LogP contribution in [0.3, 0.4) is 0 Å². The number of rotatable bonds is 4. The lowest BCUT2D eigenvalue weighted by Gasteiger charge is -2.35. The van der Waals surface area contributed by atoms with Crippen molar-refractivity contribution < 1.29 is 13.2 Å². The Kier molecular flexibility index (Phi) is 5.08. The van der Waals surface area contributed by atoms with Crippen LogP contribution in [-0.4, -0.2) is 30.8 Å². The molecule has 1 aromatic rings. The van der Waals surface area contributed by atoms with Crippen LogP contribution in [-0.2, 0) is 0 Å². The maximum absolute atomic E-state index is 12.7. The highest BCUT2D eigenvalue weighted by atomic mass is 19.4. The zero-order chi connectivity index (χ0) is 15.5. The molecule has 1 saturated heterocycles. The zero-order valence-electron chi connectivity index (χ0n) is 12.5. The Labute approximate surface area is 123 Å². The smallest absolute Gasteiger partial charge is 0.356 e. The maximum atomic E-state index is 12.7. The van der Waals surface area contributed by atoms with Crippen LogP contribution in [0, 0.1) is 5.92 Å². The summed E-state index contributed by atoms with van der Waals surface area (Å²) in [6.45, 7) is 5.74. The number of halogens is 3. The number of aromatic nitrogens is 1. The van der Waals surface area contributed by atoms with E-state index in [0.29, 0.717) is 13.1 Å². The van der Waals surface area contributed by atoms with Crippen molar-refractivity contribution >= 4 is 5.82 Å². The van der Waals surface area contributed by atoms with E-state index in [4.69, 9.17) is 0 Å². The molecule has 1 aliphatic rings. The first-order valence-electron chi connectivity index (χ1n) is 7.43. The van der Waals surface area contributed by atoms with Crippen LogP contribution in [0.5, 0.6) is 0 Å². The molecule has 21 heavy (non-hydrogen) atoms. The highest BCUT2D eigenvalue weighted by molar-refractivity contribution is 5.48. The SMILES string of the molecule is CCNC(C)c1cccnc1N1CCC(C(F)(F)F)CC1. The van der Waals surface area contributed by atoms with Gasteiger partial charge in [-0.05, 0) is 32.4 Å². The van der Waals surface area contributed by atoms with Crippen LogP contribution in [0.4, 0.5) is 19.0 Å². The molecular formula is C15H22F3N3. The van der Waals surface area contributed by atoms with Gasteiger partial charge in [0.05, 0.1) is 5.92 Å². The highest BCUT2D eigenvalue weighted by Crippen LogP contribution is 2.36. The Morgan fingerprint density at radius 2 is 2.05 bits per heavy atom. The van der Waals surface area contributed by atoms with Crippen molar-refractivity contribution in [3.05, 3.63) is 23.9 Å². The van der Waals surface area contributed by atoms with E-state index in [1.54, 1.807) is 6.20 Å². The van der Waals surface area contributed by atoms with E-state index in [2.05, 4.69) is 10.3 Å². The van der Waals surface area contributed by atoms with Crippen LogP contribution < -0.4 is 10.2 Å². The van der Waals surface area contributed by atoms with Gasteiger partial charge in [0.15, 0.2) is 0 Å². The Morgan fingerprint density at radius 1 is 1.38 bits per heavy atom. The molecule has 0 aliphatic carbocycles. The first kappa shape index (κ1) is 16.1. The number of piperidine rings is 1. The van der Waals surface area contributed by atoms with E-state index in [1.807, 2.05) is 30.9 Å². The molecule has 1 N–H and O–H groups in total. The number of nitrogens with one attached hydrogen (secondary N) is 1. The van der Waals surface area contributed by atoms with Gasteiger partial charge in [-0.15, -0.1) is 0 Å². The summed E-state index contributed by atoms with van der Waals surface area (Å²) in [5, 5.41) is 3.33. The summed E-state index contributed by atoms with van der Waals surface area (Å²) >= 11 is 0. The second-order valence-electron chi connectivity index (χ2n) is 5.50. The largest absolute Gasteiger partial charge is 0.391 e. The minimum Gasteiger partial charge on any atom is -0.356 e. The molecule has 3 nitrogen and oxygen atoms in total. The summed E-state index contributed by atoms with van der Waals surface area (Å²) in [5.41, 5.74) is 1.05. The fourth-order valence-corrected chi connectivity index (χ4v) is 2.85. The van der Waals surface area contributed by atoms with Crippen molar-refractivity contribution in [3.63, 3.8) is 0 Å². The van der Waals surface area contributed by atoms with Gasteiger partial charge in [-0.25, -0.2) is 4.98 Å². The first-order valence-corrected chi connectivity index (χ1v) is 7.43. The molecule has 0 spiro atoms. The number of hydrogen-bond donors (Lipinski definition) is 1. The predicted molar refractivity (Wildman–Crippen MR) is 77.3 cm³/mol. The zero-order valence-corrected chi connectivity index (χ0v) is 12.5. The first-order chi connectivity index (χ1) is 9.93. The Balaban J connectivity index is 2.10. The minimum absolute atomic E-state index is 0.138. The molecule has 2 rings (SSSR count). The molecule has 0 saturated carbocycles. The Bertz CT molecular complexity index is 454. The van der Waals surface area contributed by atoms with E-state index in [-0.39, 0.29) is 18.9 Å². The number of hydrogen-bond acceptors (Lipinski definition) is 3. The van der Waals surface area contributed by atoms with Crippen LogP contribution in [0.25, 0.3) is 0 Å². The molecule has 1 atom stereocenters. The van der Waals surface area contributed by atoms with E-state index >= 15 is 0 Å². The van der Waals surface area contributed by atoms with Gasteiger partial charge in [-0.3, -0.25) is 0 Å². The lowest BCUT2D eigenvalue weighted by atomic mass is 9.95. The fraction of sp³-hybridized carbons (Fsp3) is 0.667. The second kappa shape index (κ2) is 6.64. The summed E-state index contributed by atoms with van der Waals surface area (Å²) in [6, 6.07) is 4.00. The lowest BCUT2D eigenvalue weighted by Crippen LogP contribution is -2.40. The van der Waals surface area contributed by atoms with Crippen LogP contribution in [0.2, 0.25) is 0 Å². The summed E-state index contributed by atoms with van der Waals surface area (Å²) < 4.78 is 38.2. The lowest BCUT2D eigenvalue weighted by molar-refractivity contribution is -0.179. The fourth-order valence-electron chi connectivity index (χ4n) is 2.85. The molecule has 2 heterocycles. The Hall–Kier alpha value is -1.30. The molecule has 1 unspecified atom stereocenters. The second-order valence-corrected chi connectivity index (χ2v) is 5.50. The van der Waals surface area contributed by atoms with Crippen LogP contribution in [0.1, 0.15) is 38.3 Å². The average molecular weight is 301 g/mol. The molecule has 118 valence electrons. The number of nitrogens with zero attached hydrogens (tertiary/aromatic N) is 2. The number of anilines is 1. The van der Waals surface area contributed by atoms with E-state index in [0.717, 1.165) is 17.9 Å². The molecule has 0 amide bonds. The summed E-state index contributed by atoms with van der Waals surface area (Å²) in [6.07, 6.45) is -2.08. The van der Waals surface area contributed by atoms with Gasteiger partial charge in [-0.2, -0.15) is 13.2 Å². The molecule has 1 aliphatic heterocycles. The summed E-state index contributed by atoms with van der Waals surface area (Å²) in [5.74, 6) is -0.362. The highest BCUT2D eigenvalue weighted by Gasteiger charge is 2.41. The van der Waals surface area contributed by atoms with Gasteiger partial charge in [0.25, 0.3) is 0 Å². The maximum Gasteiger partial charge on any atom is 0.391 e. The van der Waals surface area contributed by atoms with Crippen molar-refractivity contribution in [2.45, 2.75) is 38.9 Å². The van der Waals surface area contributed by atoms with Crippen molar-refractivity contribution in [1.82, 2.24) is 10.3 Å². The number of pyridine rings is 1. The Morgan fingerprint density at radius 3 is 2.62 bits per heavy atom. The third kappa shape index (κ3) is 3.87. The molecule has 1 aromatic heterocycles. The van der Waals surface area contributed by atoms with Crippen molar-refractivity contribution in [2.75, 3.05) is 24.5 Å². The minimum atomic E-state index is -4.07. The third-order valence-corrected chi connectivity index (χ3v) is 4.05. The van der Waals surface area contributed by atoms with E-state index in [1.165, 1.54) is 0 Å². The molecular weight excluding hydrogens is 279 g/mol. The molecule has 0 bridgehead atoms. The van der Waals surface area contributed by atoms with Gasteiger partial charge in [0, 0.05) is 30.9 Å². The number of alkyl halides is 3. The van der Waals surface area contributed by atoms with Gasteiger partial charge < -0.3 is 10.2 Å². The van der Waals surface area contributed by atoms with Gasteiger partial charge in [0.2, 0.25) is 0 Å². The molecule has 0 aromatic carbocycles. The molecule has 6 heteroatoms.